The first-order chi connectivity index (χ1) is 9.13. The summed E-state index contributed by atoms with van der Waals surface area (Å²) in [4.78, 5) is 17.0. The molecule has 2 aromatic rings. The second-order valence-electron chi connectivity index (χ2n) is 3.90. The van der Waals surface area contributed by atoms with E-state index in [0.29, 0.717) is 18.1 Å². The Bertz CT molecular complexity index is 584. The average Bonchev–Trinajstić information content (AvgIpc) is 2.42. The predicted molar refractivity (Wildman–Crippen MR) is 70.3 cm³/mol. The molecule has 4 nitrogen and oxygen atoms in total. The van der Waals surface area contributed by atoms with Crippen molar-refractivity contribution in [2.45, 2.75) is 6.92 Å². The number of carboxylic acids is 1. The average molecular weight is 260 g/mol. The van der Waals surface area contributed by atoms with Crippen LogP contribution in [-0.2, 0) is 0 Å². The Labute approximate surface area is 110 Å². The smallest absolute Gasteiger partial charge is 0.339 e. The van der Waals surface area contributed by atoms with Crippen molar-refractivity contribution < 1.29 is 14.3 Å². The highest BCUT2D eigenvalue weighted by Gasteiger charge is 2.17. The molecule has 5 heteroatoms. The van der Waals surface area contributed by atoms with E-state index in [1.165, 1.54) is 24.4 Å². The lowest BCUT2D eigenvalue weighted by molar-refractivity contribution is 0.0697. The maximum atomic E-state index is 12.9. The van der Waals surface area contributed by atoms with Crippen molar-refractivity contribution in [1.82, 2.24) is 4.98 Å². The van der Waals surface area contributed by atoms with Gasteiger partial charge in [-0.25, -0.2) is 14.2 Å². The van der Waals surface area contributed by atoms with Gasteiger partial charge >= 0.3 is 5.97 Å². The van der Waals surface area contributed by atoms with Gasteiger partial charge in [-0.15, -0.1) is 0 Å². The molecule has 0 aliphatic carbocycles. The zero-order chi connectivity index (χ0) is 13.8. The van der Waals surface area contributed by atoms with Gasteiger partial charge in [0.05, 0.1) is 0 Å². The minimum atomic E-state index is -1.04. The van der Waals surface area contributed by atoms with Gasteiger partial charge in [0, 0.05) is 18.4 Å². The number of benzene rings is 1. The summed E-state index contributed by atoms with van der Waals surface area (Å²) in [5.41, 5.74) is 0.818. The highest BCUT2D eigenvalue weighted by atomic mass is 19.1. The minimum absolute atomic E-state index is 0.119. The van der Waals surface area contributed by atoms with Gasteiger partial charge in [0.15, 0.2) is 0 Å². The molecular formula is C14H13FN2O2. The quantitative estimate of drug-likeness (QED) is 0.917. The Balaban J connectivity index is 2.48. The summed E-state index contributed by atoms with van der Waals surface area (Å²) in [6.07, 6.45) is 1.54. The fourth-order valence-corrected chi connectivity index (χ4v) is 1.85. The molecule has 0 aliphatic rings. The number of halogens is 1. The van der Waals surface area contributed by atoms with Crippen LogP contribution in [0.1, 0.15) is 17.3 Å². The van der Waals surface area contributed by atoms with Crippen LogP contribution in [0.15, 0.2) is 42.6 Å². The zero-order valence-corrected chi connectivity index (χ0v) is 10.4. The third-order valence-electron chi connectivity index (χ3n) is 2.73. The van der Waals surface area contributed by atoms with Gasteiger partial charge in [-0.2, -0.15) is 0 Å². The number of nitrogens with zero attached hydrogens (tertiary/aromatic N) is 2. The lowest BCUT2D eigenvalue weighted by Gasteiger charge is -2.23. The molecule has 0 aliphatic heterocycles. The van der Waals surface area contributed by atoms with E-state index in [1.54, 1.807) is 23.1 Å². The number of aromatic carboxylic acids is 1. The van der Waals surface area contributed by atoms with Gasteiger partial charge in [0.1, 0.15) is 17.2 Å². The minimum Gasteiger partial charge on any atom is -0.478 e. The van der Waals surface area contributed by atoms with Crippen molar-refractivity contribution in [1.29, 1.82) is 0 Å². The Morgan fingerprint density at radius 3 is 2.58 bits per heavy atom. The van der Waals surface area contributed by atoms with Crippen LogP contribution in [0.4, 0.5) is 15.9 Å². The van der Waals surface area contributed by atoms with Crippen molar-refractivity contribution in [3.05, 3.63) is 54.0 Å². The van der Waals surface area contributed by atoms with E-state index in [9.17, 15) is 14.3 Å². The van der Waals surface area contributed by atoms with E-state index < -0.39 is 5.97 Å². The number of rotatable bonds is 4. The van der Waals surface area contributed by atoms with Gasteiger partial charge in [0.2, 0.25) is 0 Å². The fraction of sp³-hybridized carbons (Fsp3) is 0.143. The van der Waals surface area contributed by atoms with Crippen LogP contribution in [-0.4, -0.2) is 22.6 Å². The lowest BCUT2D eigenvalue weighted by Crippen LogP contribution is -2.20. The SMILES string of the molecule is CCN(c1ccc(F)cc1)c1ncccc1C(=O)O. The topological polar surface area (TPSA) is 53.4 Å². The van der Waals surface area contributed by atoms with Crippen molar-refractivity contribution >= 4 is 17.5 Å². The maximum absolute atomic E-state index is 12.9. The van der Waals surface area contributed by atoms with Gasteiger partial charge in [-0.05, 0) is 43.3 Å². The van der Waals surface area contributed by atoms with E-state index in [1.807, 2.05) is 6.92 Å². The first kappa shape index (κ1) is 13.0. The molecule has 98 valence electrons. The number of aromatic nitrogens is 1. The molecule has 1 N–H and O–H groups in total. The molecule has 1 heterocycles. The highest BCUT2D eigenvalue weighted by molar-refractivity contribution is 5.94. The Kier molecular flexibility index (Phi) is 3.75. The van der Waals surface area contributed by atoms with Crippen molar-refractivity contribution in [2.24, 2.45) is 0 Å². The van der Waals surface area contributed by atoms with E-state index in [2.05, 4.69) is 4.98 Å². The van der Waals surface area contributed by atoms with Crippen molar-refractivity contribution in [3.63, 3.8) is 0 Å². The van der Waals surface area contributed by atoms with Crippen LogP contribution < -0.4 is 4.90 Å². The highest BCUT2D eigenvalue weighted by Crippen LogP contribution is 2.26. The molecule has 0 saturated carbocycles. The summed E-state index contributed by atoms with van der Waals surface area (Å²) >= 11 is 0. The van der Waals surface area contributed by atoms with Crippen LogP contribution >= 0.6 is 0 Å². The van der Waals surface area contributed by atoms with Gasteiger partial charge < -0.3 is 10.0 Å². The number of hydrogen-bond acceptors (Lipinski definition) is 3. The number of carbonyl (C=O) groups is 1. The predicted octanol–water partition coefficient (Wildman–Crippen LogP) is 3.08. The number of hydrogen-bond donors (Lipinski definition) is 1. The Hall–Kier alpha value is -2.43. The number of pyridine rings is 1. The molecular weight excluding hydrogens is 247 g/mol. The fourth-order valence-electron chi connectivity index (χ4n) is 1.85. The monoisotopic (exact) mass is 260 g/mol. The molecule has 0 amide bonds. The Morgan fingerprint density at radius 1 is 1.32 bits per heavy atom. The molecule has 0 fully saturated rings. The van der Waals surface area contributed by atoms with Crippen molar-refractivity contribution in [2.75, 3.05) is 11.4 Å². The zero-order valence-electron chi connectivity index (χ0n) is 10.4. The summed E-state index contributed by atoms with van der Waals surface area (Å²) in [5, 5.41) is 9.17. The normalized spacial score (nSPS) is 10.2. The molecule has 0 radical (unpaired) electrons. The summed E-state index contributed by atoms with van der Waals surface area (Å²) in [7, 11) is 0. The van der Waals surface area contributed by atoms with E-state index >= 15 is 0 Å². The summed E-state index contributed by atoms with van der Waals surface area (Å²) in [6.45, 7) is 2.41. The van der Waals surface area contributed by atoms with Gasteiger partial charge in [-0.1, -0.05) is 0 Å². The largest absolute Gasteiger partial charge is 0.478 e. The summed E-state index contributed by atoms with van der Waals surface area (Å²) in [6, 6.07) is 8.93. The van der Waals surface area contributed by atoms with E-state index in [-0.39, 0.29) is 11.4 Å². The molecule has 0 bridgehead atoms. The van der Waals surface area contributed by atoms with Gasteiger partial charge in [-0.3, -0.25) is 0 Å². The second-order valence-corrected chi connectivity index (χ2v) is 3.90. The molecule has 1 aromatic carbocycles. The molecule has 19 heavy (non-hydrogen) atoms. The summed E-state index contributed by atoms with van der Waals surface area (Å²) < 4.78 is 12.9. The van der Waals surface area contributed by atoms with Crippen LogP contribution in [0.2, 0.25) is 0 Å². The standard InChI is InChI=1S/C14H13FN2O2/c1-2-17(11-7-5-10(15)6-8-11)13-12(14(18)19)4-3-9-16-13/h3-9H,2H2,1H3,(H,18,19). The molecule has 0 atom stereocenters. The first-order valence-corrected chi connectivity index (χ1v) is 5.85. The van der Waals surface area contributed by atoms with E-state index in [4.69, 9.17) is 0 Å². The van der Waals surface area contributed by atoms with Crippen molar-refractivity contribution in [3.8, 4) is 0 Å². The second kappa shape index (κ2) is 5.48. The van der Waals surface area contributed by atoms with Crippen LogP contribution in [0.3, 0.4) is 0 Å². The van der Waals surface area contributed by atoms with Gasteiger partial charge in [0.25, 0.3) is 0 Å². The maximum Gasteiger partial charge on any atom is 0.339 e. The molecule has 1 aromatic heterocycles. The molecule has 2 rings (SSSR count). The third kappa shape index (κ3) is 2.70. The molecule has 0 saturated heterocycles. The number of anilines is 2. The molecule has 0 unspecified atom stereocenters. The first-order valence-electron chi connectivity index (χ1n) is 5.85. The van der Waals surface area contributed by atoms with Crippen LogP contribution in [0, 0.1) is 5.82 Å². The summed E-state index contributed by atoms with van der Waals surface area (Å²) in [5.74, 6) is -1.02. The lowest BCUT2D eigenvalue weighted by atomic mass is 10.2. The Morgan fingerprint density at radius 2 is 2.00 bits per heavy atom. The molecule has 0 spiro atoms. The van der Waals surface area contributed by atoms with Crippen LogP contribution in [0.25, 0.3) is 0 Å². The van der Waals surface area contributed by atoms with E-state index in [0.717, 1.165) is 0 Å². The van der Waals surface area contributed by atoms with Crippen LogP contribution in [0.5, 0.6) is 0 Å². The number of carboxylic acid groups (broad SMARTS) is 1. The third-order valence-corrected chi connectivity index (χ3v) is 2.73.